The maximum absolute atomic E-state index is 4.40. The molecule has 2 aromatic carbocycles. The summed E-state index contributed by atoms with van der Waals surface area (Å²) < 4.78 is 6.31. The van der Waals surface area contributed by atoms with Gasteiger partial charge in [0, 0.05) is 29.9 Å². The fourth-order valence-corrected chi connectivity index (χ4v) is 4.62. The standard InChI is InChI=1S/C27H33N8S.BrH/c1-6-35(18-17-34-16-15-32(4)20-34)26-13-11-25(12-14-26)30-29-24-9-7-23(8-10-24)19-28-31-27-33(5)21(2)22(3)36-27;/h7-16,19-20H,6,17-18H2,1-5H3;1H/q+1;/p-1/b28-19+,30-29+,31-27-;. The van der Waals surface area contributed by atoms with Crippen LogP contribution in [0.5, 0.6) is 0 Å². The molecule has 10 heteroatoms. The summed E-state index contributed by atoms with van der Waals surface area (Å²) in [6.07, 6.45) is 8.00. The minimum Gasteiger partial charge on any atom is -1.00 e. The number of likely N-dealkylation sites (N-methyl/N-ethyl adjacent to an activating group) is 1. The molecule has 2 heterocycles. The van der Waals surface area contributed by atoms with Gasteiger partial charge in [0.15, 0.2) is 0 Å². The summed E-state index contributed by atoms with van der Waals surface area (Å²) in [6, 6.07) is 16.0. The number of anilines is 1. The van der Waals surface area contributed by atoms with Crippen molar-refractivity contribution in [2.24, 2.45) is 34.5 Å². The molecule has 4 rings (SSSR count). The van der Waals surface area contributed by atoms with Crippen molar-refractivity contribution in [2.45, 2.75) is 27.3 Å². The fraction of sp³-hybridized carbons (Fsp3) is 0.296. The Balaban J connectivity index is 0.00000380. The number of halogens is 1. The molecule has 0 spiro atoms. The second-order valence-electron chi connectivity index (χ2n) is 8.63. The van der Waals surface area contributed by atoms with E-state index < -0.39 is 0 Å². The van der Waals surface area contributed by atoms with Crippen LogP contribution >= 0.6 is 11.3 Å². The number of hydrogen-bond donors (Lipinski definition) is 0. The van der Waals surface area contributed by atoms with E-state index in [2.05, 4.69) is 90.7 Å². The zero-order valence-corrected chi connectivity index (χ0v) is 24.3. The third-order valence-electron chi connectivity index (χ3n) is 6.12. The molecule has 2 aromatic heterocycles. The minimum atomic E-state index is 0. The predicted molar refractivity (Wildman–Crippen MR) is 146 cm³/mol. The number of azo groups is 1. The van der Waals surface area contributed by atoms with Crippen molar-refractivity contribution in [2.75, 3.05) is 18.0 Å². The topological polar surface area (TPSA) is 66.4 Å². The fourth-order valence-electron chi connectivity index (χ4n) is 3.70. The van der Waals surface area contributed by atoms with Crippen LogP contribution in [-0.2, 0) is 20.6 Å². The van der Waals surface area contributed by atoms with Crippen LogP contribution in [0.2, 0.25) is 0 Å². The Morgan fingerprint density at radius 3 is 2.16 bits per heavy atom. The number of hydrogen-bond acceptors (Lipinski definition) is 6. The summed E-state index contributed by atoms with van der Waals surface area (Å²) >= 11 is 1.64. The molecular formula is C27H33BrN8S. The lowest BCUT2D eigenvalue weighted by molar-refractivity contribution is -0.693. The average Bonchev–Trinajstić information content (AvgIpc) is 3.42. The van der Waals surface area contributed by atoms with Crippen molar-refractivity contribution in [1.82, 2.24) is 9.13 Å². The molecule has 0 aliphatic carbocycles. The van der Waals surface area contributed by atoms with E-state index in [-0.39, 0.29) is 17.0 Å². The van der Waals surface area contributed by atoms with Crippen LogP contribution in [0.1, 0.15) is 23.1 Å². The molecule has 0 bridgehead atoms. The number of benzene rings is 2. The summed E-state index contributed by atoms with van der Waals surface area (Å²) in [5, 5.41) is 17.4. The Kier molecular flexibility index (Phi) is 10.1. The third kappa shape index (κ3) is 7.56. The van der Waals surface area contributed by atoms with E-state index >= 15 is 0 Å². The van der Waals surface area contributed by atoms with Crippen molar-refractivity contribution in [1.29, 1.82) is 0 Å². The average molecular weight is 582 g/mol. The molecule has 0 aliphatic heterocycles. The van der Waals surface area contributed by atoms with E-state index in [1.165, 1.54) is 16.3 Å². The van der Waals surface area contributed by atoms with Crippen molar-refractivity contribution in [3.05, 3.63) is 88.2 Å². The largest absolute Gasteiger partial charge is 1.00 e. The van der Waals surface area contributed by atoms with Gasteiger partial charge < -0.3 is 26.4 Å². The van der Waals surface area contributed by atoms with Gasteiger partial charge in [-0.1, -0.05) is 12.1 Å². The first-order chi connectivity index (χ1) is 17.4. The first-order valence-electron chi connectivity index (χ1n) is 12.0. The van der Waals surface area contributed by atoms with Gasteiger partial charge in [-0.15, -0.1) is 16.4 Å². The van der Waals surface area contributed by atoms with Gasteiger partial charge in [-0.25, -0.2) is 9.13 Å². The lowest BCUT2D eigenvalue weighted by Gasteiger charge is -2.22. The quantitative estimate of drug-likeness (QED) is 0.129. The van der Waals surface area contributed by atoms with Gasteiger partial charge >= 0.3 is 0 Å². The van der Waals surface area contributed by atoms with Crippen LogP contribution in [-0.4, -0.2) is 28.4 Å². The van der Waals surface area contributed by atoms with Gasteiger partial charge in [0.1, 0.15) is 18.9 Å². The van der Waals surface area contributed by atoms with Gasteiger partial charge in [0.2, 0.25) is 11.1 Å². The van der Waals surface area contributed by atoms with Gasteiger partial charge in [-0.05, 0) is 62.7 Å². The van der Waals surface area contributed by atoms with Crippen LogP contribution in [0.25, 0.3) is 0 Å². The highest BCUT2D eigenvalue weighted by Gasteiger charge is 2.07. The van der Waals surface area contributed by atoms with Gasteiger partial charge in [-0.2, -0.15) is 15.3 Å². The molecule has 0 amide bonds. The first kappa shape index (κ1) is 28.2. The summed E-state index contributed by atoms with van der Waals surface area (Å²) in [7, 11) is 4.04. The number of imidazole rings is 1. The monoisotopic (exact) mass is 580 g/mol. The molecule has 0 N–H and O–H groups in total. The maximum atomic E-state index is 4.40. The first-order valence-corrected chi connectivity index (χ1v) is 12.8. The zero-order valence-electron chi connectivity index (χ0n) is 21.9. The summed E-state index contributed by atoms with van der Waals surface area (Å²) in [5.74, 6) is 0. The summed E-state index contributed by atoms with van der Waals surface area (Å²) in [6.45, 7) is 9.19. The highest BCUT2D eigenvalue weighted by molar-refractivity contribution is 7.09. The van der Waals surface area contributed by atoms with Crippen molar-refractivity contribution in [3.8, 4) is 0 Å². The van der Waals surface area contributed by atoms with E-state index in [4.69, 9.17) is 0 Å². The number of aryl methyl sites for hydroxylation is 2. The molecule has 0 atom stereocenters. The molecule has 0 fully saturated rings. The second-order valence-corrected chi connectivity index (χ2v) is 9.82. The molecule has 0 radical (unpaired) electrons. The Bertz CT molecular complexity index is 1410. The van der Waals surface area contributed by atoms with Crippen LogP contribution < -0.4 is 31.2 Å². The summed E-state index contributed by atoms with van der Waals surface area (Å²) in [4.78, 5) is 4.49. The van der Waals surface area contributed by atoms with Crippen LogP contribution in [0.3, 0.4) is 0 Å². The van der Waals surface area contributed by atoms with E-state index in [1.54, 1.807) is 17.6 Å². The lowest BCUT2D eigenvalue weighted by atomic mass is 10.2. The molecule has 4 aromatic rings. The van der Waals surface area contributed by atoms with Crippen molar-refractivity contribution in [3.63, 3.8) is 0 Å². The van der Waals surface area contributed by atoms with Crippen molar-refractivity contribution < 1.29 is 21.5 Å². The van der Waals surface area contributed by atoms with Gasteiger partial charge in [0.25, 0.3) is 0 Å². The van der Waals surface area contributed by atoms with Crippen LogP contribution in [0.15, 0.2) is 87.7 Å². The van der Waals surface area contributed by atoms with E-state index in [0.717, 1.165) is 41.4 Å². The molecule has 0 saturated heterocycles. The van der Waals surface area contributed by atoms with Gasteiger partial charge in [0.05, 0.1) is 31.2 Å². The van der Waals surface area contributed by atoms with E-state index in [9.17, 15) is 0 Å². The molecule has 8 nitrogen and oxygen atoms in total. The second kappa shape index (κ2) is 13.3. The van der Waals surface area contributed by atoms with Gasteiger partial charge in [-0.3, -0.25) is 0 Å². The Morgan fingerprint density at radius 1 is 0.973 bits per heavy atom. The Morgan fingerprint density at radius 2 is 1.62 bits per heavy atom. The minimum absolute atomic E-state index is 0. The van der Waals surface area contributed by atoms with Crippen molar-refractivity contribution >= 4 is 34.6 Å². The Hall–Kier alpha value is -3.37. The molecule has 37 heavy (non-hydrogen) atoms. The number of nitrogens with zero attached hydrogens (tertiary/aromatic N) is 8. The highest BCUT2D eigenvalue weighted by Crippen LogP contribution is 2.22. The maximum Gasteiger partial charge on any atom is 0.243 e. The Labute approximate surface area is 232 Å². The zero-order chi connectivity index (χ0) is 25.5. The number of rotatable bonds is 9. The molecular weight excluding hydrogens is 548 g/mol. The molecule has 0 saturated carbocycles. The molecule has 194 valence electrons. The summed E-state index contributed by atoms with van der Waals surface area (Å²) in [5.41, 5.74) is 4.97. The van der Waals surface area contributed by atoms with Crippen LogP contribution in [0.4, 0.5) is 17.1 Å². The lowest BCUT2D eigenvalue weighted by Crippen LogP contribution is -3.00. The third-order valence-corrected chi connectivity index (χ3v) is 7.26. The van der Waals surface area contributed by atoms with E-state index in [0.29, 0.717) is 0 Å². The SMILES string of the molecule is CCN(CC[n+]1ccn(C)c1)c1ccc(/N=N/c2ccc(/C=N/N=c3\sc(C)c(C)n3C)cc2)cc1.[Br-]. The predicted octanol–water partition coefficient (Wildman–Crippen LogP) is 2.21. The van der Waals surface area contributed by atoms with E-state index in [1.807, 2.05) is 50.5 Å². The van der Waals surface area contributed by atoms with Crippen LogP contribution in [0, 0.1) is 13.8 Å². The number of aromatic nitrogens is 3. The smallest absolute Gasteiger partial charge is 0.243 e. The molecule has 0 aliphatic rings. The molecule has 0 unspecified atom stereocenters. The normalized spacial score (nSPS) is 12.0. The number of thiazole rings is 1. The highest BCUT2D eigenvalue weighted by atomic mass is 79.9.